The molecule has 0 bridgehead atoms. The minimum absolute atomic E-state index is 0.209. The molecule has 0 aliphatic carbocycles. The zero-order valence-electron chi connectivity index (χ0n) is 20.7. The van der Waals surface area contributed by atoms with Crippen molar-refractivity contribution in [2.24, 2.45) is 7.05 Å². The first-order valence-electron chi connectivity index (χ1n) is 11.7. The monoisotopic (exact) mass is 504 g/mol. The molecule has 0 unspecified atom stereocenters. The van der Waals surface area contributed by atoms with E-state index in [1.807, 2.05) is 45.2 Å². The van der Waals surface area contributed by atoms with Gasteiger partial charge in [0.2, 0.25) is 0 Å². The number of methoxy groups -OCH3 is 1. The van der Waals surface area contributed by atoms with E-state index in [0.29, 0.717) is 36.7 Å². The number of hydrogen-bond acceptors (Lipinski definition) is 6. The van der Waals surface area contributed by atoms with Gasteiger partial charge < -0.3 is 9.47 Å². The van der Waals surface area contributed by atoms with E-state index >= 15 is 0 Å². The smallest absolute Gasteiger partial charge is 0.269 e. The van der Waals surface area contributed by atoms with Gasteiger partial charge >= 0.3 is 0 Å². The number of pyridine rings is 1. The van der Waals surface area contributed by atoms with Gasteiger partial charge in [0.05, 0.1) is 28.9 Å². The first-order chi connectivity index (χ1) is 17.4. The molecule has 0 saturated carbocycles. The van der Waals surface area contributed by atoms with Crippen LogP contribution in [0.1, 0.15) is 18.1 Å². The Hall–Kier alpha value is -3.69. The summed E-state index contributed by atoms with van der Waals surface area (Å²) in [4.78, 5) is 4.85. The Labute approximate surface area is 210 Å². The van der Waals surface area contributed by atoms with Crippen LogP contribution in [0.4, 0.5) is 0 Å². The van der Waals surface area contributed by atoms with Crippen LogP contribution in [0.2, 0.25) is 0 Å². The molecule has 0 aliphatic heterocycles. The van der Waals surface area contributed by atoms with Crippen LogP contribution in [0.5, 0.6) is 5.75 Å². The van der Waals surface area contributed by atoms with Crippen molar-refractivity contribution in [3.8, 4) is 17.0 Å². The van der Waals surface area contributed by atoms with Crippen molar-refractivity contribution in [1.29, 1.82) is 0 Å². The minimum atomic E-state index is -3.97. The highest BCUT2D eigenvalue weighted by Crippen LogP contribution is 2.39. The fourth-order valence-electron chi connectivity index (χ4n) is 4.57. The lowest BCUT2D eigenvalue weighted by Gasteiger charge is -2.14. The van der Waals surface area contributed by atoms with Crippen LogP contribution in [0.3, 0.4) is 0 Å². The topological polar surface area (TPSA) is 88.2 Å². The molecule has 8 nitrogen and oxygen atoms in total. The maximum atomic E-state index is 14.1. The lowest BCUT2D eigenvalue weighted by molar-refractivity contribution is 0.146. The van der Waals surface area contributed by atoms with Crippen molar-refractivity contribution in [1.82, 2.24) is 18.7 Å². The number of ether oxygens (including phenoxy) is 2. The maximum absolute atomic E-state index is 14.1. The molecule has 0 radical (unpaired) electrons. The van der Waals surface area contributed by atoms with Gasteiger partial charge in [0, 0.05) is 31.1 Å². The molecule has 0 aliphatic rings. The molecular weight excluding hydrogens is 476 g/mol. The number of fused-ring (bicyclic) bond motifs is 3. The standard InChI is InChI=1S/C27H28N4O4S/c1-5-23-24-26-20(17-29-30(26)3)16-28-27(24)31(36(32,33)22-12-6-18(2)7-13-22)25(23)19-8-10-21(11-9-19)35-15-14-34-4/h6-13,16-17H,5,14-15H2,1-4H3. The Bertz CT molecular complexity index is 1650. The maximum Gasteiger partial charge on any atom is 0.269 e. The largest absolute Gasteiger partial charge is 0.491 e. The summed E-state index contributed by atoms with van der Waals surface area (Å²) in [6, 6.07) is 14.3. The lowest BCUT2D eigenvalue weighted by atomic mass is 10.0. The summed E-state index contributed by atoms with van der Waals surface area (Å²) in [5, 5.41) is 6.05. The van der Waals surface area contributed by atoms with E-state index in [-0.39, 0.29) is 4.90 Å². The second kappa shape index (κ2) is 9.40. The summed E-state index contributed by atoms with van der Waals surface area (Å²) >= 11 is 0. The van der Waals surface area contributed by atoms with Gasteiger partial charge in [0.15, 0.2) is 5.65 Å². The molecule has 0 spiro atoms. The van der Waals surface area contributed by atoms with Gasteiger partial charge in [0.25, 0.3) is 10.0 Å². The molecule has 0 fully saturated rings. The summed E-state index contributed by atoms with van der Waals surface area (Å²) in [6.45, 7) is 4.87. The van der Waals surface area contributed by atoms with Gasteiger partial charge in [-0.15, -0.1) is 0 Å². The summed E-state index contributed by atoms with van der Waals surface area (Å²) in [6.07, 6.45) is 4.04. The van der Waals surface area contributed by atoms with Gasteiger partial charge in [-0.2, -0.15) is 5.10 Å². The zero-order chi connectivity index (χ0) is 25.4. The van der Waals surface area contributed by atoms with Crippen LogP contribution in [0.15, 0.2) is 65.8 Å². The van der Waals surface area contributed by atoms with Crippen LogP contribution >= 0.6 is 0 Å². The zero-order valence-corrected chi connectivity index (χ0v) is 21.5. The van der Waals surface area contributed by atoms with Gasteiger partial charge in [-0.25, -0.2) is 17.4 Å². The average molecular weight is 505 g/mol. The first kappa shape index (κ1) is 24.0. The molecule has 0 N–H and O–H groups in total. The molecule has 0 saturated heterocycles. The summed E-state index contributed by atoms with van der Waals surface area (Å²) in [7, 11) is -0.482. The molecule has 36 heavy (non-hydrogen) atoms. The van der Waals surface area contributed by atoms with Crippen LogP contribution in [0.25, 0.3) is 33.2 Å². The molecule has 3 heterocycles. The number of benzene rings is 2. The van der Waals surface area contributed by atoms with Crippen molar-refractivity contribution in [3.05, 3.63) is 72.1 Å². The van der Waals surface area contributed by atoms with Gasteiger partial charge in [-0.1, -0.05) is 24.6 Å². The number of rotatable bonds is 8. The van der Waals surface area contributed by atoms with Crippen LogP contribution in [-0.2, 0) is 28.2 Å². The molecule has 186 valence electrons. The van der Waals surface area contributed by atoms with Crippen molar-refractivity contribution in [3.63, 3.8) is 0 Å². The van der Waals surface area contributed by atoms with Crippen LogP contribution in [-0.4, -0.2) is 47.5 Å². The van der Waals surface area contributed by atoms with Crippen LogP contribution in [0, 0.1) is 6.92 Å². The Kier molecular flexibility index (Phi) is 6.27. The summed E-state index contributed by atoms with van der Waals surface area (Å²) in [5.41, 5.74) is 4.48. The van der Waals surface area contributed by atoms with Gasteiger partial charge in [-0.05, 0) is 60.9 Å². The molecule has 9 heteroatoms. The van der Waals surface area contributed by atoms with Crippen molar-refractivity contribution in [2.45, 2.75) is 25.2 Å². The molecule has 0 amide bonds. The number of aryl methyl sites for hydroxylation is 3. The lowest BCUT2D eigenvalue weighted by Crippen LogP contribution is -2.15. The van der Waals surface area contributed by atoms with Crippen molar-refractivity contribution in [2.75, 3.05) is 20.3 Å². The highest BCUT2D eigenvalue weighted by Gasteiger charge is 2.30. The third-order valence-corrected chi connectivity index (χ3v) is 8.04. The van der Waals surface area contributed by atoms with Crippen molar-refractivity contribution >= 4 is 32.0 Å². The predicted molar refractivity (Wildman–Crippen MR) is 140 cm³/mol. The predicted octanol–water partition coefficient (Wildman–Crippen LogP) is 4.72. The fourth-order valence-corrected chi connectivity index (χ4v) is 6.09. The van der Waals surface area contributed by atoms with E-state index in [1.54, 1.807) is 48.5 Å². The third kappa shape index (κ3) is 3.94. The van der Waals surface area contributed by atoms with Gasteiger partial charge in [-0.3, -0.25) is 4.68 Å². The quantitative estimate of drug-likeness (QED) is 0.284. The number of nitrogens with zero attached hydrogens (tertiary/aromatic N) is 4. The molecule has 5 rings (SSSR count). The van der Waals surface area contributed by atoms with E-state index in [1.165, 1.54) is 3.97 Å². The molecule has 5 aromatic rings. The Morgan fingerprint density at radius 2 is 1.69 bits per heavy atom. The summed E-state index contributed by atoms with van der Waals surface area (Å²) < 4.78 is 42.2. The molecule has 2 aromatic carbocycles. The average Bonchev–Trinajstić information content (AvgIpc) is 3.42. The number of hydrogen-bond donors (Lipinski definition) is 0. The third-order valence-electron chi connectivity index (χ3n) is 6.33. The highest BCUT2D eigenvalue weighted by molar-refractivity contribution is 7.90. The second-order valence-electron chi connectivity index (χ2n) is 8.66. The highest BCUT2D eigenvalue weighted by atomic mass is 32.2. The van der Waals surface area contributed by atoms with E-state index in [2.05, 4.69) is 10.1 Å². The molecule has 3 aromatic heterocycles. The molecule has 0 atom stereocenters. The van der Waals surface area contributed by atoms with E-state index in [9.17, 15) is 8.42 Å². The van der Waals surface area contributed by atoms with E-state index < -0.39 is 10.0 Å². The Morgan fingerprint density at radius 3 is 2.36 bits per heavy atom. The van der Waals surface area contributed by atoms with E-state index in [4.69, 9.17) is 9.47 Å². The normalized spacial score (nSPS) is 12.0. The summed E-state index contributed by atoms with van der Waals surface area (Å²) in [5.74, 6) is 0.685. The van der Waals surface area contributed by atoms with Crippen LogP contribution < -0.4 is 4.74 Å². The molecular formula is C27H28N4O4S. The second-order valence-corrected chi connectivity index (χ2v) is 10.4. The van der Waals surface area contributed by atoms with E-state index in [0.717, 1.165) is 33.0 Å². The minimum Gasteiger partial charge on any atom is -0.491 e. The number of aromatic nitrogens is 4. The first-order valence-corrected chi connectivity index (χ1v) is 13.2. The Balaban J connectivity index is 1.81. The Morgan fingerprint density at radius 1 is 0.972 bits per heavy atom. The van der Waals surface area contributed by atoms with Gasteiger partial charge in [0.1, 0.15) is 12.4 Å². The fraction of sp³-hybridized carbons (Fsp3) is 0.259. The SMILES string of the molecule is CCc1c(-c2ccc(OCCOC)cc2)n(S(=O)(=O)c2ccc(C)cc2)c2ncc3cnn(C)c3c12. The van der Waals surface area contributed by atoms with Crippen molar-refractivity contribution < 1.29 is 17.9 Å².